The van der Waals surface area contributed by atoms with Crippen LogP contribution in [0.1, 0.15) is 50.5 Å². The number of aromatic hydroxyl groups is 2. The number of hydrogen-bond acceptors (Lipinski definition) is 7. The van der Waals surface area contributed by atoms with E-state index in [9.17, 15) is 24.9 Å². The molecule has 3 heterocycles. The van der Waals surface area contributed by atoms with Gasteiger partial charge in [-0.15, -0.1) is 0 Å². The quantitative estimate of drug-likeness (QED) is 0.214. The van der Waals surface area contributed by atoms with Crippen molar-refractivity contribution < 1.29 is 38.9 Å². The third-order valence-corrected chi connectivity index (χ3v) is 8.42. The van der Waals surface area contributed by atoms with Crippen molar-refractivity contribution in [3.8, 4) is 23.3 Å². The van der Waals surface area contributed by atoms with E-state index < -0.39 is 17.9 Å². The average Bonchev–Trinajstić information content (AvgIpc) is 3.63. The van der Waals surface area contributed by atoms with Gasteiger partial charge in [0.05, 0.1) is 40.2 Å². The highest BCUT2D eigenvalue weighted by Crippen LogP contribution is 2.43. The van der Waals surface area contributed by atoms with Crippen LogP contribution in [0.25, 0.3) is 0 Å². The molecule has 1 amide bonds. The van der Waals surface area contributed by atoms with Crippen molar-refractivity contribution in [2.24, 2.45) is 5.92 Å². The number of fused-ring (bicyclic) bond motifs is 1. The predicted octanol–water partition coefficient (Wildman–Crippen LogP) is 3.30. The number of carbonyl (C=O) groups is 2. The highest BCUT2D eigenvalue weighted by molar-refractivity contribution is 5.79. The van der Waals surface area contributed by atoms with Crippen molar-refractivity contribution in [2.75, 3.05) is 60.7 Å². The number of hydrogen-bond donors (Lipinski definition) is 3. The summed E-state index contributed by atoms with van der Waals surface area (Å²) in [6, 6.07) is 7.84. The van der Waals surface area contributed by atoms with Gasteiger partial charge in [0.2, 0.25) is 12.7 Å². The van der Waals surface area contributed by atoms with Crippen molar-refractivity contribution in [3.63, 3.8) is 0 Å². The van der Waals surface area contributed by atoms with E-state index in [-0.39, 0.29) is 43.5 Å². The topological polar surface area (TPSA) is 125 Å². The predicted molar refractivity (Wildman–Crippen MR) is 158 cm³/mol. The summed E-state index contributed by atoms with van der Waals surface area (Å²) in [5.41, 5.74) is 0.821. The first-order chi connectivity index (χ1) is 20.0. The SMILES string of the molecule is CCCCN(CCCC[N+](C)(C)C)C(=O)CN1C[C@H](c2ccc3c(c2)OCO3)C(C(=O)O)[C@@H]1CCn1c(O)ccc1O. The molecular formula is C31H47N4O7+. The van der Waals surface area contributed by atoms with Gasteiger partial charge in [0.1, 0.15) is 0 Å². The Balaban J connectivity index is 1.56. The van der Waals surface area contributed by atoms with Crippen LogP contribution >= 0.6 is 0 Å². The van der Waals surface area contributed by atoms with Crippen LogP contribution in [0.2, 0.25) is 0 Å². The Morgan fingerprint density at radius 2 is 1.69 bits per heavy atom. The van der Waals surface area contributed by atoms with Crippen molar-refractivity contribution >= 4 is 11.9 Å². The molecular weight excluding hydrogens is 540 g/mol. The molecule has 1 aromatic heterocycles. The van der Waals surface area contributed by atoms with E-state index in [0.29, 0.717) is 37.6 Å². The van der Waals surface area contributed by atoms with Crippen molar-refractivity contribution in [1.29, 1.82) is 0 Å². The molecule has 1 saturated heterocycles. The fourth-order valence-electron chi connectivity index (χ4n) is 6.14. The maximum Gasteiger partial charge on any atom is 0.308 e. The Hall–Kier alpha value is -3.44. The van der Waals surface area contributed by atoms with Gasteiger partial charge in [0.25, 0.3) is 0 Å². The molecule has 0 saturated carbocycles. The first kappa shape index (κ1) is 31.5. The standard InChI is InChI=1S/C31H46N4O7/c1-5-6-14-32(15-7-8-17-35(2,3)4)29(38)20-33-19-23(22-9-10-25-26(18-22)42-21-41-25)30(31(39)40)24(33)13-16-34-27(36)11-12-28(34)37/h9-12,18,23-24,30H,5-8,13-17,19-21H2,1-4H3,(H2-,36,37,39,40)/p+1/t23-,24+,30?/m1/s1. The lowest BCUT2D eigenvalue weighted by molar-refractivity contribution is -0.870. The molecule has 0 bridgehead atoms. The number of likely N-dealkylation sites (tertiary alicyclic amines) is 1. The van der Waals surface area contributed by atoms with Crippen molar-refractivity contribution in [1.82, 2.24) is 14.4 Å². The fourth-order valence-corrected chi connectivity index (χ4v) is 6.14. The van der Waals surface area contributed by atoms with Gasteiger partial charge in [-0.1, -0.05) is 19.4 Å². The number of rotatable bonds is 15. The van der Waals surface area contributed by atoms with Gasteiger partial charge in [-0.25, -0.2) is 0 Å². The van der Waals surface area contributed by atoms with Crippen molar-refractivity contribution in [2.45, 2.75) is 57.5 Å². The zero-order valence-electron chi connectivity index (χ0n) is 25.4. The summed E-state index contributed by atoms with van der Waals surface area (Å²) in [7, 11) is 6.49. The van der Waals surface area contributed by atoms with Crippen LogP contribution in [0, 0.1) is 5.92 Å². The molecule has 0 aliphatic carbocycles. The second-order valence-electron chi connectivity index (χ2n) is 12.5. The number of aromatic nitrogens is 1. The van der Waals surface area contributed by atoms with Crippen LogP contribution in [0.3, 0.4) is 0 Å². The third kappa shape index (κ3) is 7.69. The van der Waals surface area contributed by atoms with Gasteiger partial charge in [-0.2, -0.15) is 0 Å². The monoisotopic (exact) mass is 587 g/mol. The average molecular weight is 588 g/mol. The Labute approximate surface area is 248 Å². The number of unbranched alkanes of at least 4 members (excludes halogenated alkanes) is 2. The first-order valence-electron chi connectivity index (χ1n) is 15.0. The summed E-state index contributed by atoms with van der Waals surface area (Å²) in [6.07, 6.45) is 4.15. The summed E-state index contributed by atoms with van der Waals surface area (Å²) < 4.78 is 13.3. The van der Waals surface area contributed by atoms with Gasteiger partial charge in [-0.3, -0.25) is 19.1 Å². The lowest BCUT2D eigenvalue weighted by Crippen LogP contribution is -2.45. The lowest BCUT2D eigenvalue weighted by Gasteiger charge is -2.30. The van der Waals surface area contributed by atoms with Crippen LogP contribution < -0.4 is 9.47 Å². The minimum absolute atomic E-state index is 0.000771. The van der Waals surface area contributed by atoms with E-state index in [1.165, 1.54) is 16.7 Å². The number of carboxylic acid groups (broad SMARTS) is 1. The van der Waals surface area contributed by atoms with E-state index in [1.54, 1.807) is 6.07 Å². The van der Waals surface area contributed by atoms with Gasteiger partial charge < -0.3 is 34.2 Å². The summed E-state index contributed by atoms with van der Waals surface area (Å²) in [6.45, 7) is 5.32. The van der Waals surface area contributed by atoms with E-state index in [4.69, 9.17) is 9.47 Å². The zero-order valence-corrected chi connectivity index (χ0v) is 25.4. The van der Waals surface area contributed by atoms with Crippen LogP contribution in [0.15, 0.2) is 30.3 Å². The number of quaternary nitrogens is 1. The van der Waals surface area contributed by atoms with E-state index in [0.717, 1.165) is 42.3 Å². The molecule has 1 fully saturated rings. The number of carboxylic acids is 1. The molecule has 2 aromatic rings. The lowest BCUT2D eigenvalue weighted by atomic mass is 9.84. The van der Waals surface area contributed by atoms with Crippen LogP contribution in [0.4, 0.5) is 0 Å². The Morgan fingerprint density at radius 3 is 2.36 bits per heavy atom. The number of nitrogens with zero attached hydrogens (tertiary/aromatic N) is 4. The van der Waals surface area contributed by atoms with Crippen LogP contribution in [0.5, 0.6) is 23.3 Å². The number of aliphatic carboxylic acids is 1. The smallest absolute Gasteiger partial charge is 0.308 e. The Kier molecular flexibility index (Phi) is 10.3. The largest absolute Gasteiger partial charge is 0.494 e. The molecule has 11 heteroatoms. The Morgan fingerprint density at radius 1 is 1.00 bits per heavy atom. The summed E-state index contributed by atoms with van der Waals surface area (Å²) in [5, 5.41) is 30.9. The molecule has 232 valence electrons. The molecule has 0 spiro atoms. The van der Waals surface area contributed by atoms with Crippen LogP contribution in [-0.2, 0) is 16.1 Å². The van der Waals surface area contributed by atoms with Gasteiger partial charge >= 0.3 is 5.97 Å². The molecule has 4 rings (SSSR count). The maximum absolute atomic E-state index is 13.8. The highest BCUT2D eigenvalue weighted by Gasteiger charge is 2.47. The van der Waals surface area contributed by atoms with Gasteiger partial charge in [0, 0.05) is 50.3 Å². The minimum atomic E-state index is -0.943. The molecule has 2 aliphatic rings. The fraction of sp³-hybridized carbons (Fsp3) is 0.613. The summed E-state index contributed by atoms with van der Waals surface area (Å²) >= 11 is 0. The number of benzene rings is 1. The Bertz CT molecular complexity index is 1200. The number of carbonyl (C=O) groups excluding carboxylic acids is 1. The molecule has 3 atom stereocenters. The number of ether oxygens (including phenoxy) is 2. The van der Waals surface area contributed by atoms with E-state index in [1.807, 2.05) is 21.9 Å². The van der Waals surface area contributed by atoms with E-state index in [2.05, 4.69) is 28.1 Å². The van der Waals surface area contributed by atoms with Gasteiger partial charge in [-0.05, 0) is 43.4 Å². The second-order valence-corrected chi connectivity index (χ2v) is 12.5. The second kappa shape index (κ2) is 13.7. The van der Waals surface area contributed by atoms with Crippen LogP contribution in [-0.4, -0.2) is 113 Å². The van der Waals surface area contributed by atoms with E-state index >= 15 is 0 Å². The van der Waals surface area contributed by atoms with Gasteiger partial charge in [0.15, 0.2) is 23.3 Å². The molecule has 1 aromatic carbocycles. The molecule has 42 heavy (non-hydrogen) atoms. The maximum atomic E-state index is 13.8. The molecule has 3 N–H and O–H groups in total. The molecule has 2 aliphatic heterocycles. The van der Waals surface area contributed by atoms with Crippen molar-refractivity contribution in [3.05, 3.63) is 35.9 Å². The first-order valence-corrected chi connectivity index (χ1v) is 15.0. The highest BCUT2D eigenvalue weighted by atomic mass is 16.7. The summed E-state index contributed by atoms with van der Waals surface area (Å²) in [4.78, 5) is 30.5. The molecule has 11 nitrogen and oxygen atoms in total. The number of amides is 1. The normalized spacial score (nSPS) is 20.2. The molecule has 0 radical (unpaired) electrons. The molecule has 1 unspecified atom stereocenters. The minimum Gasteiger partial charge on any atom is -0.494 e. The zero-order chi connectivity index (χ0) is 30.4. The third-order valence-electron chi connectivity index (χ3n) is 8.42. The summed E-state index contributed by atoms with van der Waals surface area (Å²) in [5.74, 6) is -1.09.